The van der Waals surface area contributed by atoms with E-state index in [9.17, 15) is 4.79 Å². The number of carbonyl (C=O) groups is 1. The van der Waals surface area contributed by atoms with Crippen LogP contribution in [0, 0.1) is 0 Å². The standard InChI is InChI=1S/C16H20O2/c1-11(17)18-16-8-4-7-14-9-12-5-2-3-6-13(12)10-15(14)16/h9-10,16H,2-8H2,1H3. The maximum absolute atomic E-state index is 11.2. The summed E-state index contributed by atoms with van der Waals surface area (Å²) in [5.74, 6) is -0.162. The van der Waals surface area contributed by atoms with Crippen LogP contribution in [-0.2, 0) is 28.8 Å². The summed E-state index contributed by atoms with van der Waals surface area (Å²) in [4.78, 5) is 11.2. The van der Waals surface area contributed by atoms with Gasteiger partial charge in [-0.25, -0.2) is 0 Å². The van der Waals surface area contributed by atoms with Crippen molar-refractivity contribution in [1.82, 2.24) is 0 Å². The number of benzene rings is 1. The van der Waals surface area contributed by atoms with Gasteiger partial charge in [-0.1, -0.05) is 12.1 Å². The van der Waals surface area contributed by atoms with E-state index in [1.54, 1.807) is 0 Å². The monoisotopic (exact) mass is 244 g/mol. The molecule has 0 bridgehead atoms. The average molecular weight is 244 g/mol. The van der Waals surface area contributed by atoms with Crippen molar-refractivity contribution in [2.75, 3.05) is 0 Å². The summed E-state index contributed by atoms with van der Waals surface area (Å²) < 4.78 is 5.47. The van der Waals surface area contributed by atoms with Crippen LogP contribution in [0.3, 0.4) is 0 Å². The molecule has 2 nitrogen and oxygen atoms in total. The van der Waals surface area contributed by atoms with E-state index >= 15 is 0 Å². The highest BCUT2D eigenvalue weighted by molar-refractivity contribution is 5.66. The molecule has 1 aromatic carbocycles. The highest BCUT2D eigenvalue weighted by atomic mass is 16.5. The summed E-state index contributed by atoms with van der Waals surface area (Å²) in [6.07, 6.45) is 8.27. The lowest BCUT2D eigenvalue weighted by molar-refractivity contribution is -0.147. The predicted molar refractivity (Wildman–Crippen MR) is 70.5 cm³/mol. The largest absolute Gasteiger partial charge is 0.458 e. The van der Waals surface area contributed by atoms with Crippen molar-refractivity contribution >= 4 is 5.97 Å². The first-order valence-corrected chi connectivity index (χ1v) is 7.06. The fourth-order valence-corrected chi connectivity index (χ4v) is 3.33. The predicted octanol–water partition coefficient (Wildman–Crippen LogP) is 3.51. The molecule has 0 heterocycles. The van der Waals surface area contributed by atoms with Crippen LogP contribution < -0.4 is 0 Å². The third-order valence-electron chi connectivity index (χ3n) is 4.17. The molecule has 0 aliphatic heterocycles. The zero-order valence-electron chi connectivity index (χ0n) is 11.0. The number of fused-ring (bicyclic) bond motifs is 2. The number of hydrogen-bond acceptors (Lipinski definition) is 2. The molecule has 0 radical (unpaired) electrons. The van der Waals surface area contributed by atoms with E-state index in [1.165, 1.54) is 54.9 Å². The topological polar surface area (TPSA) is 26.3 Å². The summed E-state index contributed by atoms with van der Waals surface area (Å²) in [5, 5.41) is 0. The molecule has 1 aromatic rings. The molecule has 2 heteroatoms. The van der Waals surface area contributed by atoms with Crippen LogP contribution in [0.15, 0.2) is 12.1 Å². The Morgan fingerprint density at radius 3 is 2.44 bits per heavy atom. The molecule has 1 atom stereocenters. The molecule has 0 spiro atoms. The minimum absolute atomic E-state index is 0.00141. The second-order valence-electron chi connectivity index (χ2n) is 5.52. The number of carbonyl (C=O) groups excluding carboxylic acids is 1. The summed E-state index contributed by atoms with van der Waals surface area (Å²) in [5.41, 5.74) is 5.70. The van der Waals surface area contributed by atoms with Gasteiger partial charge in [-0.3, -0.25) is 4.79 Å². The van der Waals surface area contributed by atoms with Gasteiger partial charge in [-0.15, -0.1) is 0 Å². The molecule has 1 unspecified atom stereocenters. The number of esters is 1. The highest BCUT2D eigenvalue weighted by Gasteiger charge is 2.24. The van der Waals surface area contributed by atoms with Crippen LogP contribution in [0.25, 0.3) is 0 Å². The van der Waals surface area contributed by atoms with Crippen LogP contribution in [0.1, 0.15) is 61.0 Å². The first-order valence-electron chi connectivity index (χ1n) is 7.06. The van der Waals surface area contributed by atoms with Crippen molar-refractivity contribution in [3.05, 3.63) is 34.4 Å². The maximum atomic E-state index is 11.2. The quantitative estimate of drug-likeness (QED) is 0.707. The Morgan fingerprint density at radius 1 is 1.06 bits per heavy atom. The van der Waals surface area contributed by atoms with Crippen LogP contribution in [0.5, 0.6) is 0 Å². The molecular weight excluding hydrogens is 224 g/mol. The molecular formula is C16H20O2. The van der Waals surface area contributed by atoms with Crippen LogP contribution in [0.2, 0.25) is 0 Å². The van der Waals surface area contributed by atoms with Crippen molar-refractivity contribution in [1.29, 1.82) is 0 Å². The Kier molecular flexibility index (Phi) is 3.11. The van der Waals surface area contributed by atoms with Gasteiger partial charge in [0.1, 0.15) is 6.10 Å². The van der Waals surface area contributed by atoms with Crippen LogP contribution in [-0.4, -0.2) is 5.97 Å². The zero-order valence-corrected chi connectivity index (χ0v) is 11.0. The Labute approximate surface area is 108 Å². The molecule has 2 aliphatic carbocycles. The zero-order chi connectivity index (χ0) is 12.5. The van der Waals surface area contributed by atoms with Gasteiger partial charge in [0.15, 0.2) is 0 Å². The second-order valence-corrected chi connectivity index (χ2v) is 5.52. The summed E-state index contributed by atoms with van der Waals surface area (Å²) in [6, 6.07) is 4.69. The third-order valence-corrected chi connectivity index (χ3v) is 4.17. The third kappa shape index (κ3) is 2.16. The van der Waals surface area contributed by atoms with Gasteiger partial charge in [0.25, 0.3) is 0 Å². The smallest absolute Gasteiger partial charge is 0.303 e. The highest BCUT2D eigenvalue weighted by Crippen LogP contribution is 2.36. The second kappa shape index (κ2) is 4.75. The number of ether oxygens (including phenoxy) is 1. The molecule has 0 fully saturated rings. The van der Waals surface area contributed by atoms with E-state index in [4.69, 9.17) is 4.74 Å². The van der Waals surface area contributed by atoms with E-state index in [2.05, 4.69) is 12.1 Å². The van der Waals surface area contributed by atoms with Crippen molar-refractivity contribution in [2.45, 2.75) is 58.0 Å². The lowest BCUT2D eigenvalue weighted by Crippen LogP contribution is -2.17. The van der Waals surface area contributed by atoms with Crippen LogP contribution >= 0.6 is 0 Å². The van der Waals surface area contributed by atoms with E-state index in [1.807, 2.05) is 0 Å². The lowest BCUT2D eigenvalue weighted by atomic mass is 9.82. The van der Waals surface area contributed by atoms with Crippen LogP contribution in [0.4, 0.5) is 0 Å². The molecule has 2 aliphatic rings. The molecule has 0 amide bonds. The molecule has 96 valence electrons. The Morgan fingerprint density at radius 2 is 1.72 bits per heavy atom. The average Bonchev–Trinajstić information content (AvgIpc) is 2.36. The normalized spacial score (nSPS) is 21.9. The minimum atomic E-state index is -0.162. The number of aryl methyl sites for hydroxylation is 3. The van der Waals surface area contributed by atoms with Gasteiger partial charge in [-0.05, 0) is 67.2 Å². The summed E-state index contributed by atoms with van der Waals surface area (Å²) in [7, 11) is 0. The number of hydrogen-bond donors (Lipinski definition) is 0. The first-order chi connectivity index (χ1) is 8.74. The molecule has 0 aromatic heterocycles. The van der Waals surface area contributed by atoms with Gasteiger partial charge in [0.05, 0.1) is 0 Å². The van der Waals surface area contributed by atoms with E-state index in [0.717, 1.165) is 19.3 Å². The minimum Gasteiger partial charge on any atom is -0.458 e. The van der Waals surface area contributed by atoms with E-state index in [0.29, 0.717) is 0 Å². The summed E-state index contributed by atoms with van der Waals surface area (Å²) in [6.45, 7) is 1.51. The Balaban J connectivity index is 1.98. The Hall–Kier alpha value is -1.31. The van der Waals surface area contributed by atoms with Gasteiger partial charge in [0, 0.05) is 6.92 Å². The Bertz CT molecular complexity index is 476. The molecule has 0 N–H and O–H groups in total. The van der Waals surface area contributed by atoms with E-state index < -0.39 is 0 Å². The maximum Gasteiger partial charge on any atom is 0.303 e. The molecule has 18 heavy (non-hydrogen) atoms. The van der Waals surface area contributed by atoms with E-state index in [-0.39, 0.29) is 12.1 Å². The van der Waals surface area contributed by atoms with Crippen molar-refractivity contribution < 1.29 is 9.53 Å². The fraction of sp³-hybridized carbons (Fsp3) is 0.562. The molecule has 3 rings (SSSR count). The number of rotatable bonds is 1. The van der Waals surface area contributed by atoms with Crippen molar-refractivity contribution in [2.24, 2.45) is 0 Å². The van der Waals surface area contributed by atoms with Gasteiger partial charge in [-0.2, -0.15) is 0 Å². The summed E-state index contributed by atoms with van der Waals surface area (Å²) >= 11 is 0. The molecule has 0 saturated carbocycles. The fourth-order valence-electron chi connectivity index (χ4n) is 3.33. The van der Waals surface area contributed by atoms with Gasteiger partial charge < -0.3 is 4.74 Å². The molecule has 0 saturated heterocycles. The first kappa shape index (κ1) is 11.8. The SMILES string of the molecule is CC(=O)OC1CCCc2cc3c(cc21)CCCC3. The van der Waals surface area contributed by atoms with Crippen molar-refractivity contribution in [3.8, 4) is 0 Å². The van der Waals surface area contributed by atoms with Gasteiger partial charge in [0.2, 0.25) is 0 Å². The van der Waals surface area contributed by atoms with Crippen molar-refractivity contribution in [3.63, 3.8) is 0 Å². The lowest BCUT2D eigenvalue weighted by Gasteiger charge is -2.28. The van der Waals surface area contributed by atoms with Gasteiger partial charge >= 0.3 is 5.97 Å².